The molecule has 3 aromatic rings. The van der Waals surface area contributed by atoms with E-state index in [1.807, 2.05) is 6.07 Å². The van der Waals surface area contributed by atoms with Gasteiger partial charge in [0.05, 0.1) is 24.8 Å². The maximum atomic E-state index is 11.7. The monoisotopic (exact) mass is 547 g/mol. The summed E-state index contributed by atoms with van der Waals surface area (Å²) in [4.78, 5) is 21.5. The average molecular weight is 548 g/mol. The third-order valence-electron chi connectivity index (χ3n) is 8.59. The van der Waals surface area contributed by atoms with Crippen molar-refractivity contribution in [2.24, 2.45) is 17.8 Å². The fourth-order valence-corrected chi connectivity index (χ4v) is 7.32. The van der Waals surface area contributed by atoms with Gasteiger partial charge in [-0.15, -0.1) is 11.3 Å². The number of aryl methyl sites for hydroxylation is 2. The lowest BCUT2D eigenvalue weighted by Gasteiger charge is -2.35. The Labute approximate surface area is 234 Å². The van der Waals surface area contributed by atoms with Crippen LogP contribution in [0.5, 0.6) is 5.75 Å². The van der Waals surface area contributed by atoms with Crippen LogP contribution >= 0.6 is 11.3 Å². The standard InChI is InChI=1S/C31H37N3O4S/c1-20-3-8-28(38-18-25-5-4-22(14-21(25)2)15-33-9-11-37-12-10-33)26(13-20)27-19-39-31(32-27)34-16-23-6-7-24(17-34)29(23)30(35)36/h3-5,8,13-14,19,23-24,29H,6-7,9-12,15-18H2,1-2H3,(H,35,36)/t23-,24+,29?. The van der Waals surface area contributed by atoms with Crippen molar-refractivity contribution in [3.8, 4) is 17.0 Å². The molecule has 2 aromatic carbocycles. The van der Waals surface area contributed by atoms with E-state index in [4.69, 9.17) is 14.5 Å². The SMILES string of the molecule is Cc1ccc(OCc2ccc(CN3CCOCC3)cc2C)c(-c2csc(N3C[C@H]4CC[C@@H](C3)C4C(=O)O)n2)c1. The number of carboxylic acids is 1. The van der Waals surface area contributed by atoms with E-state index in [-0.39, 0.29) is 17.8 Å². The molecule has 0 spiro atoms. The molecule has 1 unspecified atom stereocenters. The Morgan fingerprint density at radius 2 is 1.87 bits per heavy atom. The van der Waals surface area contributed by atoms with Crippen LogP contribution in [0, 0.1) is 31.6 Å². The van der Waals surface area contributed by atoms with Gasteiger partial charge in [0.2, 0.25) is 0 Å². The summed E-state index contributed by atoms with van der Waals surface area (Å²) in [6, 6.07) is 13.0. The lowest BCUT2D eigenvalue weighted by atomic mass is 9.85. The van der Waals surface area contributed by atoms with Crippen LogP contribution in [0.1, 0.15) is 35.1 Å². The van der Waals surface area contributed by atoms with Gasteiger partial charge < -0.3 is 19.5 Å². The zero-order valence-corrected chi connectivity index (χ0v) is 23.6. The largest absolute Gasteiger partial charge is 0.488 e. The zero-order chi connectivity index (χ0) is 26.9. The molecular weight excluding hydrogens is 510 g/mol. The number of morpholine rings is 1. The second-order valence-electron chi connectivity index (χ2n) is 11.3. The number of benzene rings is 2. The number of ether oxygens (including phenoxy) is 2. The first-order chi connectivity index (χ1) is 18.9. The number of rotatable bonds is 8. The molecule has 39 heavy (non-hydrogen) atoms. The fourth-order valence-electron chi connectivity index (χ4n) is 6.48. The highest BCUT2D eigenvalue weighted by molar-refractivity contribution is 7.14. The lowest BCUT2D eigenvalue weighted by molar-refractivity contribution is -0.144. The molecule has 3 atom stereocenters. The molecule has 1 N–H and O–H groups in total. The van der Waals surface area contributed by atoms with Gasteiger partial charge in [-0.3, -0.25) is 9.69 Å². The van der Waals surface area contributed by atoms with Crippen LogP contribution in [-0.4, -0.2) is 60.4 Å². The summed E-state index contributed by atoms with van der Waals surface area (Å²) in [7, 11) is 0. The molecule has 0 radical (unpaired) electrons. The van der Waals surface area contributed by atoms with Crippen LogP contribution in [-0.2, 0) is 22.7 Å². The minimum atomic E-state index is -0.634. The molecule has 0 amide bonds. The van der Waals surface area contributed by atoms with Crippen LogP contribution in [0.3, 0.4) is 0 Å². The molecule has 6 rings (SSSR count). The Morgan fingerprint density at radius 1 is 1.10 bits per heavy atom. The first-order valence-electron chi connectivity index (χ1n) is 14.0. The molecule has 2 bridgehead atoms. The number of nitrogens with zero attached hydrogens (tertiary/aromatic N) is 3. The van der Waals surface area contributed by atoms with E-state index in [0.29, 0.717) is 6.61 Å². The Bertz CT molecular complexity index is 1320. The van der Waals surface area contributed by atoms with E-state index < -0.39 is 5.97 Å². The smallest absolute Gasteiger partial charge is 0.307 e. The van der Waals surface area contributed by atoms with Gasteiger partial charge >= 0.3 is 5.97 Å². The van der Waals surface area contributed by atoms with E-state index >= 15 is 0 Å². The van der Waals surface area contributed by atoms with Crippen LogP contribution in [0.15, 0.2) is 41.8 Å². The molecule has 1 aromatic heterocycles. The van der Waals surface area contributed by atoms with Crippen molar-refractivity contribution in [3.63, 3.8) is 0 Å². The molecule has 3 aliphatic rings. The number of piperidine rings is 1. The van der Waals surface area contributed by atoms with Crippen molar-refractivity contribution in [3.05, 3.63) is 64.0 Å². The normalized spacial score (nSPS) is 23.2. The number of hydrogen-bond donors (Lipinski definition) is 1. The minimum absolute atomic E-state index is 0.200. The Hall–Kier alpha value is -2.94. The van der Waals surface area contributed by atoms with Crippen molar-refractivity contribution >= 4 is 22.4 Å². The van der Waals surface area contributed by atoms with Crippen LogP contribution in [0.25, 0.3) is 11.3 Å². The van der Waals surface area contributed by atoms with Gasteiger partial charge in [0.25, 0.3) is 0 Å². The molecule has 3 heterocycles. The molecule has 7 nitrogen and oxygen atoms in total. The second-order valence-corrected chi connectivity index (χ2v) is 12.2. The van der Waals surface area contributed by atoms with Crippen LogP contribution in [0.2, 0.25) is 0 Å². The van der Waals surface area contributed by atoms with Crippen molar-refractivity contribution in [1.29, 1.82) is 0 Å². The summed E-state index contributed by atoms with van der Waals surface area (Å²) in [5.41, 5.74) is 6.83. The topological polar surface area (TPSA) is 75.1 Å². The van der Waals surface area contributed by atoms with Crippen molar-refractivity contribution in [2.45, 2.75) is 39.8 Å². The second kappa shape index (κ2) is 11.3. The van der Waals surface area contributed by atoms with E-state index in [1.54, 1.807) is 11.3 Å². The number of hydrogen-bond acceptors (Lipinski definition) is 7. The van der Waals surface area contributed by atoms with E-state index in [9.17, 15) is 9.90 Å². The molecule has 1 saturated carbocycles. The molecular formula is C31H37N3O4S. The van der Waals surface area contributed by atoms with E-state index in [1.165, 1.54) is 16.7 Å². The lowest BCUT2D eigenvalue weighted by Crippen LogP contribution is -2.44. The van der Waals surface area contributed by atoms with Crippen molar-refractivity contribution in [1.82, 2.24) is 9.88 Å². The number of aromatic nitrogens is 1. The number of carbonyl (C=O) groups is 1. The number of carboxylic acid groups (broad SMARTS) is 1. The van der Waals surface area contributed by atoms with Gasteiger partial charge in [-0.25, -0.2) is 4.98 Å². The molecule has 1 aliphatic carbocycles. The Morgan fingerprint density at radius 3 is 2.59 bits per heavy atom. The Kier molecular flexibility index (Phi) is 7.60. The number of thiazole rings is 1. The van der Waals surface area contributed by atoms with Gasteiger partial charge in [0.1, 0.15) is 12.4 Å². The van der Waals surface area contributed by atoms with Gasteiger partial charge in [0.15, 0.2) is 5.13 Å². The Balaban J connectivity index is 1.15. The third-order valence-corrected chi connectivity index (χ3v) is 9.49. The van der Waals surface area contributed by atoms with Crippen molar-refractivity contribution < 1.29 is 19.4 Å². The average Bonchev–Trinajstić information content (AvgIpc) is 3.52. The molecule has 2 saturated heterocycles. The molecule has 3 fully saturated rings. The minimum Gasteiger partial charge on any atom is -0.488 e. The number of anilines is 1. The van der Waals surface area contributed by atoms with Gasteiger partial charge in [-0.2, -0.15) is 0 Å². The van der Waals surface area contributed by atoms with Crippen molar-refractivity contribution in [2.75, 3.05) is 44.3 Å². The maximum Gasteiger partial charge on any atom is 0.307 e. The number of fused-ring (bicyclic) bond motifs is 2. The summed E-state index contributed by atoms with van der Waals surface area (Å²) < 4.78 is 11.9. The van der Waals surface area contributed by atoms with Gasteiger partial charge in [-0.1, -0.05) is 29.8 Å². The highest BCUT2D eigenvalue weighted by Gasteiger charge is 2.46. The third kappa shape index (κ3) is 5.69. The summed E-state index contributed by atoms with van der Waals surface area (Å²) in [5, 5.41) is 12.7. The summed E-state index contributed by atoms with van der Waals surface area (Å²) in [6.07, 6.45) is 2.00. The first-order valence-corrected chi connectivity index (χ1v) is 14.9. The number of aliphatic carboxylic acids is 1. The highest BCUT2D eigenvalue weighted by Crippen LogP contribution is 2.44. The predicted molar refractivity (Wildman–Crippen MR) is 153 cm³/mol. The maximum absolute atomic E-state index is 11.7. The molecule has 8 heteroatoms. The summed E-state index contributed by atoms with van der Waals surface area (Å²) >= 11 is 1.64. The fraction of sp³-hybridized carbons (Fsp3) is 0.484. The van der Waals surface area contributed by atoms with Crippen LogP contribution < -0.4 is 9.64 Å². The van der Waals surface area contributed by atoms with Gasteiger partial charge in [0, 0.05) is 43.7 Å². The quantitative estimate of drug-likeness (QED) is 0.406. The van der Waals surface area contributed by atoms with E-state index in [2.05, 4.69) is 59.4 Å². The summed E-state index contributed by atoms with van der Waals surface area (Å²) in [5.74, 6) is 0.434. The zero-order valence-electron chi connectivity index (χ0n) is 22.8. The molecule has 2 aliphatic heterocycles. The first kappa shape index (κ1) is 26.3. The molecule has 206 valence electrons. The van der Waals surface area contributed by atoms with Crippen LogP contribution in [0.4, 0.5) is 5.13 Å². The predicted octanol–water partition coefficient (Wildman–Crippen LogP) is 5.39. The highest BCUT2D eigenvalue weighted by atomic mass is 32.1. The summed E-state index contributed by atoms with van der Waals surface area (Å²) in [6.45, 7) is 10.9. The van der Waals surface area contributed by atoms with Gasteiger partial charge in [-0.05, 0) is 67.3 Å². The van der Waals surface area contributed by atoms with E-state index in [0.717, 1.165) is 86.5 Å².